The normalized spacial score (nSPS) is 10.2. The molecule has 2 aromatic rings. The molecule has 1 heterocycles. The van der Waals surface area contributed by atoms with E-state index in [0.717, 1.165) is 15.6 Å². The van der Waals surface area contributed by atoms with Gasteiger partial charge in [-0.25, -0.2) is 4.98 Å². The molecule has 0 aliphatic carbocycles. The second kappa shape index (κ2) is 5.79. The van der Waals surface area contributed by atoms with Crippen molar-refractivity contribution >= 4 is 27.4 Å². The van der Waals surface area contributed by atoms with E-state index >= 15 is 0 Å². The van der Waals surface area contributed by atoms with Crippen LogP contribution in [0.1, 0.15) is 11.1 Å². The average molecular weight is 322 g/mol. The summed E-state index contributed by atoms with van der Waals surface area (Å²) in [5.41, 5.74) is 1.78. The van der Waals surface area contributed by atoms with Gasteiger partial charge in [-0.05, 0) is 30.2 Å². The number of hydrogen-bond donors (Lipinski definition) is 1. The van der Waals surface area contributed by atoms with Gasteiger partial charge in [-0.1, -0.05) is 28.1 Å². The highest BCUT2D eigenvalue weighted by atomic mass is 79.9. The molecule has 0 saturated heterocycles. The topological polar surface area (TPSA) is 68.1 Å². The molecule has 0 aliphatic heterocycles. The summed E-state index contributed by atoms with van der Waals surface area (Å²) in [5, 5.41) is 13.9. The number of halogens is 1. The Morgan fingerprint density at radius 1 is 1.42 bits per heavy atom. The summed E-state index contributed by atoms with van der Waals surface area (Å²) in [4.78, 5) is 14.6. The Labute approximate surface area is 119 Å². The quantitative estimate of drug-likeness (QED) is 0.689. The summed E-state index contributed by atoms with van der Waals surface area (Å²) in [6.45, 7) is 2.26. The van der Waals surface area contributed by atoms with Gasteiger partial charge in [0.2, 0.25) is 5.82 Å². The van der Waals surface area contributed by atoms with Gasteiger partial charge in [0.15, 0.2) is 0 Å². The molecule has 6 heteroatoms. The highest BCUT2D eigenvalue weighted by molar-refractivity contribution is 9.10. The predicted octanol–water partition coefficient (Wildman–Crippen LogP) is 3.67. The van der Waals surface area contributed by atoms with Crippen LogP contribution in [-0.4, -0.2) is 9.91 Å². The Morgan fingerprint density at radius 3 is 2.89 bits per heavy atom. The molecule has 2 rings (SSSR count). The van der Waals surface area contributed by atoms with E-state index in [1.807, 2.05) is 24.3 Å². The van der Waals surface area contributed by atoms with Gasteiger partial charge < -0.3 is 5.32 Å². The van der Waals surface area contributed by atoms with Crippen molar-refractivity contribution in [1.29, 1.82) is 0 Å². The van der Waals surface area contributed by atoms with Crippen LogP contribution in [-0.2, 0) is 6.54 Å². The van der Waals surface area contributed by atoms with E-state index < -0.39 is 4.92 Å². The lowest BCUT2D eigenvalue weighted by atomic mass is 10.2. The Hall–Kier alpha value is -1.95. The van der Waals surface area contributed by atoms with Crippen molar-refractivity contribution in [1.82, 2.24) is 4.98 Å². The lowest BCUT2D eigenvalue weighted by Gasteiger charge is -2.07. The molecule has 0 unspecified atom stereocenters. The Balaban J connectivity index is 2.17. The number of aryl methyl sites for hydroxylation is 1. The fraction of sp³-hybridized carbons (Fsp3) is 0.154. The van der Waals surface area contributed by atoms with Gasteiger partial charge in [0.05, 0.1) is 4.92 Å². The number of nitrogens with one attached hydrogen (secondary N) is 1. The van der Waals surface area contributed by atoms with E-state index in [4.69, 9.17) is 0 Å². The zero-order valence-corrected chi connectivity index (χ0v) is 11.8. The number of anilines is 1. The standard InChI is InChI=1S/C13H12BrN3O2/c1-9-5-12(17(18)19)13(15-7-9)16-8-10-3-2-4-11(14)6-10/h2-7H,8H2,1H3,(H,15,16). The largest absolute Gasteiger partial charge is 0.360 e. The molecule has 0 amide bonds. The van der Waals surface area contributed by atoms with E-state index in [0.29, 0.717) is 6.54 Å². The molecule has 5 nitrogen and oxygen atoms in total. The van der Waals surface area contributed by atoms with Crippen molar-refractivity contribution in [3.8, 4) is 0 Å². The number of benzene rings is 1. The van der Waals surface area contributed by atoms with E-state index in [1.54, 1.807) is 13.1 Å². The third-order valence-corrected chi connectivity index (χ3v) is 3.04. The first kappa shape index (κ1) is 13.5. The van der Waals surface area contributed by atoms with Crippen molar-refractivity contribution in [3.63, 3.8) is 0 Å². The van der Waals surface area contributed by atoms with Crippen LogP contribution in [0.3, 0.4) is 0 Å². The average Bonchev–Trinajstić information content (AvgIpc) is 2.37. The number of aromatic nitrogens is 1. The summed E-state index contributed by atoms with van der Waals surface area (Å²) in [5.74, 6) is 0.288. The van der Waals surface area contributed by atoms with Crippen LogP contribution in [0.5, 0.6) is 0 Å². The molecule has 1 aromatic carbocycles. The molecule has 0 saturated carbocycles. The monoisotopic (exact) mass is 321 g/mol. The summed E-state index contributed by atoms with van der Waals surface area (Å²) in [7, 11) is 0. The van der Waals surface area contributed by atoms with Crippen molar-refractivity contribution in [2.45, 2.75) is 13.5 Å². The Bertz CT molecular complexity index is 617. The van der Waals surface area contributed by atoms with E-state index in [1.165, 1.54) is 6.07 Å². The van der Waals surface area contributed by atoms with Crippen molar-refractivity contribution in [2.24, 2.45) is 0 Å². The van der Waals surface area contributed by atoms with Gasteiger partial charge in [-0.15, -0.1) is 0 Å². The minimum Gasteiger partial charge on any atom is -0.360 e. The van der Waals surface area contributed by atoms with E-state index in [-0.39, 0.29) is 11.5 Å². The summed E-state index contributed by atoms with van der Waals surface area (Å²) < 4.78 is 0.971. The van der Waals surface area contributed by atoms with Crippen molar-refractivity contribution < 1.29 is 4.92 Å². The number of nitro groups is 1. The molecule has 19 heavy (non-hydrogen) atoms. The third-order valence-electron chi connectivity index (χ3n) is 2.55. The SMILES string of the molecule is Cc1cnc(NCc2cccc(Br)c2)c([N+](=O)[O-])c1. The molecule has 1 aromatic heterocycles. The number of rotatable bonds is 4. The lowest BCUT2D eigenvalue weighted by molar-refractivity contribution is -0.384. The zero-order chi connectivity index (χ0) is 13.8. The van der Waals surface area contributed by atoms with Crippen LogP contribution >= 0.6 is 15.9 Å². The molecule has 0 fully saturated rings. The summed E-state index contributed by atoms with van der Waals surface area (Å²) in [6.07, 6.45) is 1.61. The first-order valence-electron chi connectivity index (χ1n) is 5.65. The molecule has 0 aliphatic rings. The van der Waals surface area contributed by atoms with E-state index in [9.17, 15) is 10.1 Å². The highest BCUT2D eigenvalue weighted by Gasteiger charge is 2.14. The van der Waals surface area contributed by atoms with Gasteiger partial charge in [-0.2, -0.15) is 0 Å². The third kappa shape index (κ3) is 3.51. The molecule has 0 radical (unpaired) electrons. The second-order valence-corrected chi connectivity index (χ2v) is 5.04. The van der Waals surface area contributed by atoms with Crippen LogP contribution in [0.25, 0.3) is 0 Å². The molecule has 0 bridgehead atoms. The fourth-order valence-electron chi connectivity index (χ4n) is 1.66. The summed E-state index contributed by atoms with van der Waals surface area (Å²) in [6, 6.07) is 9.25. The minimum atomic E-state index is -0.427. The number of hydrogen-bond acceptors (Lipinski definition) is 4. The maximum atomic E-state index is 11.0. The predicted molar refractivity (Wildman–Crippen MR) is 77.1 cm³/mol. The maximum Gasteiger partial charge on any atom is 0.311 e. The Morgan fingerprint density at radius 2 is 2.21 bits per heavy atom. The van der Waals surface area contributed by atoms with Crippen molar-refractivity contribution in [3.05, 3.63) is 62.2 Å². The summed E-state index contributed by atoms with van der Waals surface area (Å²) >= 11 is 3.38. The Kier molecular flexibility index (Phi) is 4.11. The lowest BCUT2D eigenvalue weighted by Crippen LogP contribution is -2.05. The van der Waals surface area contributed by atoms with Gasteiger partial charge in [0, 0.05) is 23.3 Å². The zero-order valence-electron chi connectivity index (χ0n) is 10.3. The molecular weight excluding hydrogens is 310 g/mol. The van der Waals surface area contributed by atoms with Gasteiger partial charge >= 0.3 is 5.69 Å². The van der Waals surface area contributed by atoms with Crippen LogP contribution in [0.2, 0.25) is 0 Å². The maximum absolute atomic E-state index is 11.0. The minimum absolute atomic E-state index is 0.00463. The number of nitrogens with zero attached hydrogens (tertiary/aromatic N) is 2. The van der Waals surface area contributed by atoms with Gasteiger partial charge in [0.25, 0.3) is 0 Å². The van der Waals surface area contributed by atoms with Crippen LogP contribution < -0.4 is 5.32 Å². The molecule has 1 N–H and O–H groups in total. The molecular formula is C13H12BrN3O2. The van der Waals surface area contributed by atoms with Gasteiger partial charge in [0.1, 0.15) is 0 Å². The van der Waals surface area contributed by atoms with E-state index in [2.05, 4.69) is 26.2 Å². The highest BCUT2D eigenvalue weighted by Crippen LogP contribution is 2.23. The van der Waals surface area contributed by atoms with Crippen LogP contribution in [0, 0.1) is 17.0 Å². The van der Waals surface area contributed by atoms with Crippen LogP contribution in [0.15, 0.2) is 41.0 Å². The van der Waals surface area contributed by atoms with Crippen LogP contribution in [0.4, 0.5) is 11.5 Å². The van der Waals surface area contributed by atoms with Gasteiger partial charge in [-0.3, -0.25) is 10.1 Å². The molecule has 98 valence electrons. The first-order valence-corrected chi connectivity index (χ1v) is 6.45. The number of pyridine rings is 1. The smallest absolute Gasteiger partial charge is 0.311 e. The first-order chi connectivity index (χ1) is 9.06. The second-order valence-electron chi connectivity index (χ2n) is 4.12. The molecule has 0 atom stereocenters. The van der Waals surface area contributed by atoms with Crippen molar-refractivity contribution in [2.75, 3.05) is 5.32 Å². The molecule has 0 spiro atoms. The fourth-order valence-corrected chi connectivity index (χ4v) is 2.11.